The number of ether oxygens (including phenoxy) is 2. The number of hydrogen-bond acceptors (Lipinski definition) is 5. The van der Waals surface area contributed by atoms with E-state index in [0.29, 0.717) is 18.0 Å². The lowest BCUT2D eigenvalue weighted by atomic mass is 10.2. The van der Waals surface area contributed by atoms with Crippen molar-refractivity contribution in [3.8, 4) is 11.5 Å². The van der Waals surface area contributed by atoms with Crippen LogP contribution < -0.4 is 14.8 Å². The molecule has 1 aromatic heterocycles. The molecule has 0 fully saturated rings. The van der Waals surface area contributed by atoms with E-state index in [1.165, 1.54) is 0 Å². The molecular weight excluding hydrogens is 232 g/mol. The van der Waals surface area contributed by atoms with Crippen LogP contribution in [0.25, 0.3) is 0 Å². The van der Waals surface area contributed by atoms with Crippen molar-refractivity contribution in [2.24, 2.45) is 0 Å². The number of aromatic nitrogens is 1. The number of aliphatic hydroxyl groups is 1. The van der Waals surface area contributed by atoms with Crippen LogP contribution in [-0.2, 0) is 6.54 Å². The highest BCUT2D eigenvalue weighted by molar-refractivity contribution is 5.42. The summed E-state index contributed by atoms with van der Waals surface area (Å²) in [4.78, 5) is 4.27. The molecule has 0 bridgehead atoms. The first kappa shape index (κ1) is 14.7. The van der Waals surface area contributed by atoms with E-state index in [1.807, 2.05) is 0 Å². The summed E-state index contributed by atoms with van der Waals surface area (Å²) >= 11 is 0. The minimum absolute atomic E-state index is 0.240. The number of nitrogens with one attached hydrogen (secondary N) is 1. The number of nitrogens with zero attached hydrogens (tertiary/aromatic N) is 1. The fourth-order valence-corrected chi connectivity index (χ4v) is 1.71. The number of methoxy groups -OCH3 is 2. The van der Waals surface area contributed by atoms with Crippen LogP contribution in [0, 0.1) is 0 Å². The van der Waals surface area contributed by atoms with Crippen LogP contribution in [0.3, 0.4) is 0 Å². The summed E-state index contributed by atoms with van der Waals surface area (Å²) in [7, 11) is 3.22. The van der Waals surface area contributed by atoms with Crippen LogP contribution in [0.4, 0.5) is 0 Å². The fraction of sp³-hybridized carbons (Fsp3) is 0.615. The minimum Gasteiger partial charge on any atom is -0.493 e. The predicted octanol–water partition coefficient (Wildman–Crippen LogP) is 1.35. The zero-order valence-electron chi connectivity index (χ0n) is 11.3. The average molecular weight is 254 g/mol. The van der Waals surface area contributed by atoms with Gasteiger partial charge < -0.3 is 19.9 Å². The molecule has 18 heavy (non-hydrogen) atoms. The molecule has 5 heteroatoms. The fourth-order valence-electron chi connectivity index (χ4n) is 1.71. The Bertz CT molecular complexity index is 356. The van der Waals surface area contributed by atoms with Crippen molar-refractivity contribution >= 4 is 0 Å². The van der Waals surface area contributed by atoms with Gasteiger partial charge in [0, 0.05) is 18.8 Å². The molecule has 2 N–H and O–H groups in total. The first-order valence-electron chi connectivity index (χ1n) is 6.13. The highest BCUT2D eigenvalue weighted by atomic mass is 16.5. The molecule has 5 nitrogen and oxygen atoms in total. The molecule has 1 unspecified atom stereocenters. The Morgan fingerprint density at radius 3 is 2.78 bits per heavy atom. The maximum Gasteiger partial charge on any atom is 0.183 e. The van der Waals surface area contributed by atoms with Crippen molar-refractivity contribution in [3.63, 3.8) is 0 Å². The first-order valence-corrected chi connectivity index (χ1v) is 6.13. The van der Waals surface area contributed by atoms with Crippen LogP contribution in [0.15, 0.2) is 12.3 Å². The molecule has 0 amide bonds. The van der Waals surface area contributed by atoms with Gasteiger partial charge in [0.25, 0.3) is 0 Å². The van der Waals surface area contributed by atoms with Gasteiger partial charge in [-0.05, 0) is 26.3 Å². The Hall–Kier alpha value is -1.33. The molecule has 1 aromatic rings. The van der Waals surface area contributed by atoms with Gasteiger partial charge in [-0.3, -0.25) is 4.98 Å². The van der Waals surface area contributed by atoms with Gasteiger partial charge in [-0.25, -0.2) is 0 Å². The van der Waals surface area contributed by atoms with Crippen LogP contribution in [0.1, 0.15) is 25.5 Å². The van der Waals surface area contributed by atoms with Crippen LogP contribution in [0.2, 0.25) is 0 Å². The Balaban J connectivity index is 2.46. The second-order valence-electron chi connectivity index (χ2n) is 4.16. The van der Waals surface area contributed by atoms with E-state index in [0.717, 1.165) is 25.1 Å². The van der Waals surface area contributed by atoms with E-state index >= 15 is 0 Å². The van der Waals surface area contributed by atoms with E-state index in [1.54, 1.807) is 33.4 Å². The molecule has 0 spiro atoms. The lowest BCUT2D eigenvalue weighted by Crippen LogP contribution is -2.17. The van der Waals surface area contributed by atoms with Crippen LogP contribution in [0.5, 0.6) is 11.5 Å². The number of hydrogen-bond donors (Lipinski definition) is 2. The lowest BCUT2D eigenvalue weighted by molar-refractivity contribution is 0.181. The zero-order valence-corrected chi connectivity index (χ0v) is 11.3. The third kappa shape index (κ3) is 4.50. The topological polar surface area (TPSA) is 63.6 Å². The maximum absolute atomic E-state index is 9.14. The summed E-state index contributed by atoms with van der Waals surface area (Å²) in [6, 6.07) is 1.77. The van der Waals surface area contributed by atoms with Gasteiger partial charge in [-0.2, -0.15) is 0 Å². The number of pyridine rings is 1. The Morgan fingerprint density at radius 1 is 1.39 bits per heavy atom. The van der Waals surface area contributed by atoms with Crippen molar-refractivity contribution in [3.05, 3.63) is 18.0 Å². The third-order valence-electron chi connectivity index (χ3n) is 2.63. The highest BCUT2D eigenvalue weighted by Crippen LogP contribution is 2.28. The van der Waals surface area contributed by atoms with Crippen molar-refractivity contribution in [1.82, 2.24) is 10.3 Å². The third-order valence-corrected chi connectivity index (χ3v) is 2.63. The molecule has 0 saturated carbocycles. The summed E-state index contributed by atoms with van der Waals surface area (Å²) < 4.78 is 10.5. The van der Waals surface area contributed by atoms with E-state index in [9.17, 15) is 0 Å². The van der Waals surface area contributed by atoms with Gasteiger partial charge >= 0.3 is 0 Å². The molecule has 0 aromatic carbocycles. The quantitative estimate of drug-likeness (QED) is 0.686. The minimum atomic E-state index is -0.240. The Labute approximate surface area is 108 Å². The van der Waals surface area contributed by atoms with Gasteiger partial charge in [-0.15, -0.1) is 0 Å². The van der Waals surface area contributed by atoms with Crippen LogP contribution in [-0.4, -0.2) is 37.0 Å². The van der Waals surface area contributed by atoms with E-state index in [4.69, 9.17) is 14.6 Å². The normalized spacial score (nSPS) is 12.2. The van der Waals surface area contributed by atoms with Crippen molar-refractivity contribution in [1.29, 1.82) is 0 Å². The molecular formula is C13H22N2O3. The zero-order chi connectivity index (χ0) is 13.4. The van der Waals surface area contributed by atoms with Gasteiger partial charge in [0.05, 0.1) is 26.0 Å². The van der Waals surface area contributed by atoms with Crippen molar-refractivity contribution < 1.29 is 14.6 Å². The molecule has 0 aliphatic rings. The summed E-state index contributed by atoms with van der Waals surface area (Å²) in [6.07, 6.45) is 3.20. The monoisotopic (exact) mass is 254 g/mol. The second kappa shape index (κ2) is 7.89. The standard InChI is InChI=1S/C13H22N2O3/c1-10(16)5-4-7-14-9-11-13(18-3)12(17-2)6-8-15-11/h6,8,10,14,16H,4-5,7,9H2,1-3H3. The number of aliphatic hydroxyl groups excluding tert-OH is 1. The first-order chi connectivity index (χ1) is 8.69. The molecule has 0 aliphatic carbocycles. The smallest absolute Gasteiger partial charge is 0.183 e. The van der Waals surface area contributed by atoms with E-state index in [-0.39, 0.29) is 6.10 Å². The van der Waals surface area contributed by atoms with Gasteiger partial charge in [0.1, 0.15) is 0 Å². The SMILES string of the molecule is COc1ccnc(CNCCCC(C)O)c1OC. The Kier molecular flexibility index (Phi) is 6.46. The molecule has 1 rings (SSSR count). The molecule has 0 aliphatic heterocycles. The van der Waals surface area contributed by atoms with E-state index in [2.05, 4.69) is 10.3 Å². The van der Waals surface area contributed by atoms with Crippen molar-refractivity contribution in [2.75, 3.05) is 20.8 Å². The summed E-state index contributed by atoms with van der Waals surface area (Å²) in [5.41, 5.74) is 0.828. The average Bonchev–Trinajstić information content (AvgIpc) is 2.37. The summed E-state index contributed by atoms with van der Waals surface area (Å²) in [5, 5.41) is 12.4. The summed E-state index contributed by atoms with van der Waals surface area (Å²) in [5.74, 6) is 1.36. The molecule has 0 radical (unpaired) electrons. The van der Waals surface area contributed by atoms with E-state index < -0.39 is 0 Å². The van der Waals surface area contributed by atoms with Crippen molar-refractivity contribution in [2.45, 2.75) is 32.4 Å². The predicted molar refractivity (Wildman–Crippen MR) is 70.0 cm³/mol. The molecule has 0 saturated heterocycles. The largest absolute Gasteiger partial charge is 0.493 e. The van der Waals surface area contributed by atoms with Gasteiger partial charge in [-0.1, -0.05) is 0 Å². The molecule has 1 atom stereocenters. The Morgan fingerprint density at radius 2 is 2.17 bits per heavy atom. The van der Waals surface area contributed by atoms with Gasteiger partial charge in [0.15, 0.2) is 11.5 Å². The van der Waals surface area contributed by atoms with Gasteiger partial charge in [0.2, 0.25) is 0 Å². The maximum atomic E-state index is 9.14. The number of rotatable bonds is 8. The highest BCUT2D eigenvalue weighted by Gasteiger charge is 2.10. The van der Waals surface area contributed by atoms with Crippen LogP contribution >= 0.6 is 0 Å². The molecule has 1 heterocycles. The lowest BCUT2D eigenvalue weighted by Gasteiger charge is -2.12. The second-order valence-corrected chi connectivity index (χ2v) is 4.16. The molecule has 102 valence electrons. The summed E-state index contributed by atoms with van der Waals surface area (Å²) in [6.45, 7) is 3.26.